The molecular formula is C22H16Cl2N2O3. The molecule has 1 N–H and O–H groups in total. The van der Waals surface area contributed by atoms with E-state index in [1.54, 1.807) is 36.4 Å². The Balaban J connectivity index is 1.41. The minimum Gasteiger partial charge on any atom is -0.321 e. The summed E-state index contributed by atoms with van der Waals surface area (Å²) in [6, 6.07) is 11.3. The number of amides is 3. The highest BCUT2D eigenvalue weighted by Crippen LogP contribution is 2.53. The SMILES string of the molecule is O=C(Nc1ccc(Cl)cc1Cl)c1cccc(N2C(=O)[C@@H]3[C@@H](C2=O)[C@H]2C=C[C@H]3C2)c1. The Kier molecular flexibility index (Phi) is 4.26. The van der Waals surface area contributed by atoms with Gasteiger partial charge in [0.1, 0.15) is 0 Å². The molecule has 1 saturated carbocycles. The standard InChI is InChI=1S/C22H16Cl2N2O3/c23-14-6-7-17(16(24)10-14)25-20(27)13-2-1-3-15(9-13)26-21(28)18-11-4-5-12(8-11)19(18)22(26)29/h1-7,9-12,18-19H,8H2,(H,25,27)/t11-,12-,18-,19-/m0/s1. The van der Waals surface area contributed by atoms with E-state index in [1.807, 2.05) is 0 Å². The van der Waals surface area contributed by atoms with Crippen LogP contribution in [-0.2, 0) is 9.59 Å². The van der Waals surface area contributed by atoms with Crippen LogP contribution in [0.5, 0.6) is 0 Å². The van der Waals surface area contributed by atoms with E-state index in [9.17, 15) is 14.4 Å². The zero-order valence-corrected chi connectivity index (χ0v) is 16.7. The number of imide groups is 1. The summed E-state index contributed by atoms with van der Waals surface area (Å²) in [6.45, 7) is 0. The first-order valence-electron chi connectivity index (χ1n) is 9.36. The van der Waals surface area contributed by atoms with Gasteiger partial charge < -0.3 is 5.32 Å². The topological polar surface area (TPSA) is 66.5 Å². The van der Waals surface area contributed by atoms with Crippen LogP contribution in [0.15, 0.2) is 54.6 Å². The number of hydrogen-bond donors (Lipinski definition) is 1. The van der Waals surface area contributed by atoms with Crippen molar-refractivity contribution in [2.75, 3.05) is 10.2 Å². The van der Waals surface area contributed by atoms with Crippen LogP contribution in [0.25, 0.3) is 0 Å². The summed E-state index contributed by atoms with van der Waals surface area (Å²) >= 11 is 12.0. The molecule has 2 bridgehead atoms. The van der Waals surface area contributed by atoms with Gasteiger partial charge in [-0.15, -0.1) is 0 Å². The number of halogens is 2. The predicted octanol–water partition coefficient (Wildman–Crippen LogP) is 4.56. The zero-order valence-electron chi connectivity index (χ0n) is 15.1. The van der Waals surface area contributed by atoms with Crippen LogP contribution in [0, 0.1) is 23.7 Å². The molecule has 29 heavy (non-hydrogen) atoms. The van der Waals surface area contributed by atoms with Crippen LogP contribution in [0.1, 0.15) is 16.8 Å². The smallest absolute Gasteiger partial charge is 0.255 e. The zero-order chi connectivity index (χ0) is 20.3. The van der Waals surface area contributed by atoms with Crippen molar-refractivity contribution in [3.8, 4) is 0 Å². The molecule has 7 heteroatoms. The van der Waals surface area contributed by atoms with E-state index < -0.39 is 5.91 Å². The second-order valence-corrected chi connectivity index (χ2v) is 8.48. The number of rotatable bonds is 3. The quantitative estimate of drug-likeness (QED) is 0.577. The maximum atomic E-state index is 13.0. The molecule has 3 aliphatic rings. The summed E-state index contributed by atoms with van der Waals surface area (Å²) in [5.74, 6) is -0.997. The Morgan fingerprint density at radius 1 is 0.966 bits per heavy atom. The van der Waals surface area contributed by atoms with E-state index in [1.165, 1.54) is 11.0 Å². The molecule has 0 radical (unpaired) electrons. The molecule has 0 spiro atoms. The lowest BCUT2D eigenvalue weighted by Crippen LogP contribution is -2.33. The Morgan fingerprint density at radius 3 is 2.31 bits per heavy atom. The molecule has 1 heterocycles. The normalized spacial score (nSPS) is 26.9. The first kappa shape index (κ1) is 18.4. The number of fused-ring (bicyclic) bond motifs is 5. The van der Waals surface area contributed by atoms with Crippen molar-refractivity contribution < 1.29 is 14.4 Å². The number of carbonyl (C=O) groups excluding carboxylic acids is 3. The highest BCUT2D eigenvalue weighted by molar-refractivity contribution is 6.36. The molecule has 5 nitrogen and oxygen atoms in total. The second kappa shape index (κ2) is 6.71. The first-order valence-corrected chi connectivity index (χ1v) is 10.1. The molecular weight excluding hydrogens is 411 g/mol. The summed E-state index contributed by atoms with van der Waals surface area (Å²) in [5.41, 5.74) is 1.17. The van der Waals surface area contributed by atoms with Gasteiger partial charge in [-0.3, -0.25) is 14.4 Å². The van der Waals surface area contributed by atoms with Crippen molar-refractivity contribution >= 4 is 52.3 Å². The van der Waals surface area contributed by atoms with Gasteiger partial charge in [-0.2, -0.15) is 0 Å². The van der Waals surface area contributed by atoms with Crippen molar-refractivity contribution in [1.29, 1.82) is 0 Å². The van der Waals surface area contributed by atoms with Crippen LogP contribution in [0.2, 0.25) is 10.0 Å². The summed E-state index contributed by atoms with van der Waals surface area (Å²) in [7, 11) is 0. The lowest BCUT2D eigenvalue weighted by atomic mass is 9.85. The van der Waals surface area contributed by atoms with E-state index in [0.717, 1.165) is 6.42 Å². The number of benzene rings is 2. The van der Waals surface area contributed by atoms with Crippen molar-refractivity contribution in [3.05, 3.63) is 70.2 Å². The highest BCUT2D eigenvalue weighted by Gasteiger charge is 2.59. The summed E-state index contributed by atoms with van der Waals surface area (Å²) < 4.78 is 0. The van der Waals surface area contributed by atoms with E-state index >= 15 is 0 Å². The van der Waals surface area contributed by atoms with E-state index in [-0.39, 0.29) is 35.5 Å². The summed E-state index contributed by atoms with van der Waals surface area (Å²) in [5, 5.41) is 3.52. The lowest BCUT2D eigenvalue weighted by Gasteiger charge is -2.18. The molecule has 3 amide bonds. The van der Waals surface area contributed by atoms with Gasteiger partial charge in [-0.25, -0.2) is 4.90 Å². The van der Waals surface area contributed by atoms with Crippen molar-refractivity contribution in [3.63, 3.8) is 0 Å². The number of nitrogens with one attached hydrogen (secondary N) is 1. The van der Waals surface area contributed by atoms with Gasteiger partial charge in [0.05, 0.1) is 28.2 Å². The molecule has 5 rings (SSSR count). The van der Waals surface area contributed by atoms with Gasteiger partial charge >= 0.3 is 0 Å². The predicted molar refractivity (Wildman–Crippen MR) is 111 cm³/mol. The van der Waals surface area contributed by atoms with Gasteiger partial charge in [0.15, 0.2) is 0 Å². The van der Waals surface area contributed by atoms with Gasteiger partial charge in [0, 0.05) is 10.6 Å². The van der Waals surface area contributed by atoms with Crippen LogP contribution >= 0.6 is 23.2 Å². The van der Waals surface area contributed by atoms with E-state index in [0.29, 0.717) is 27.0 Å². The van der Waals surface area contributed by atoms with E-state index in [4.69, 9.17) is 23.2 Å². The van der Waals surface area contributed by atoms with E-state index in [2.05, 4.69) is 17.5 Å². The van der Waals surface area contributed by atoms with Gasteiger partial charge in [0.25, 0.3) is 5.91 Å². The van der Waals surface area contributed by atoms with Gasteiger partial charge in [-0.05, 0) is 54.7 Å². The van der Waals surface area contributed by atoms with Crippen LogP contribution in [-0.4, -0.2) is 17.7 Å². The lowest BCUT2D eigenvalue weighted by molar-refractivity contribution is -0.123. The molecule has 4 atom stereocenters. The Hall–Kier alpha value is -2.63. The maximum Gasteiger partial charge on any atom is 0.255 e. The van der Waals surface area contributed by atoms with Crippen LogP contribution < -0.4 is 10.2 Å². The summed E-state index contributed by atoms with van der Waals surface area (Å²) in [6.07, 6.45) is 4.99. The number of nitrogens with zero attached hydrogens (tertiary/aromatic N) is 1. The monoisotopic (exact) mass is 426 g/mol. The molecule has 1 saturated heterocycles. The second-order valence-electron chi connectivity index (χ2n) is 7.64. The third kappa shape index (κ3) is 2.88. The highest BCUT2D eigenvalue weighted by atomic mass is 35.5. The molecule has 1 aliphatic heterocycles. The minimum absolute atomic E-state index is 0.143. The van der Waals surface area contributed by atoms with Gasteiger partial charge in [-0.1, -0.05) is 41.4 Å². The first-order chi connectivity index (χ1) is 13.9. The Morgan fingerprint density at radius 2 is 1.66 bits per heavy atom. The maximum absolute atomic E-state index is 13.0. The minimum atomic E-state index is -0.392. The fourth-order valence-electron chi connectivity index (χ4n) is 4.73. The van der Waals surface area contributed by atoms with Crippen molar-refractivity contribution in [2.24, 2.45) is 23.7 Å². The van der Waals surface area contributed by atoms with Gasteiger partial charge in [0.2, 0.25) is 11.8 Å². The van der Waals surface area contributed by atoms with Crippen molar-refractivity contribution in [1.82, 2.24) is 0 Å². The fourth-order valence-corrected chi connectivity index (χ4v) is 5.18. The third-order valence-corrected chi connectivity index (χ3v) is 6.56. The molecule has 146 valence electrons. The average Bonchev–Trinajstić information content (AvgIpc) is 3.38. The summed E-state index contributed by atoms with van der Waals surface area (Å²) in [4.78, 5) is 39.9. The fraction of sp³-hybridized carbons (Fsp3) is 0.227. The third-order valence-electron chi connectivity index (χ3n) is 6.02. The number of anilines is 2. The molecule has 2 fully saturated rings. The molecule has 0 aromatic heterocycles. The van der Waals surface area contributed by atoms with Crippen LogP contribution in [0.3, 0.4) is 0 Å². The number of carbonyl (C=O) groups is 3. The largest absolute Gasteiger partial charge is 0.321 e. The molecule has 2 aromatic rings. The van der Waals surface area contributed by atoms with Crippen LogP contribution in [0.4, 0.5) is 11.4 Å². The number of hydrogen-bond acceptors (Lipinski definition) is 3. The Bertz CT molecular complexity index is 1070. The average molecular weight is 427 g/mol. The van der Waals surface area contributed by atoms with Crippen molar-refractivity contribution in [2.45, 2.75) is 6.42 Å². The molecule has 2 aromatic carbocycles. The number of allylic oxidation sites excluding steroid dienone is 2. The molecule has 0 unspecified atom stereocenters. The molecule has 2 aliphatic carbocycles. The Labute approximate surface area is 177 Å².